The molecule has 1 heterocycles. The van der Waals surface area contributed by atoms with Crippen LogP contribution in [0.2, 0.25) is 0 Å². The summed E-state index contributed by atoms with van der Waals surface area (Å²) in [6, 6.07) is 6.39. The molecule has 1 aromatic heterocycles. The molecule has 0 spiro atoms. The zero-order valence-corrected chi connectivity index (χ0v) is 14.2. The second-order valence-electron chi connectivity index (χ2n) is 5.35. The molecule has 23 heavy (non-hydrogen) atoms. The van der Waals surface area contributed by atoms with Gasteiger partial charge in [-0.15, -0.1) is 0 Å². The highest BCUT2D eigenvalue weighted by Gasteiger charge is 2.14. The van der Waals surface area contributed by atoms with Crippen LogP contribution in [0.5, 0.6) is 11.8 Å². The van der Waals surface area contributed by atoms with Crippen molar-refractivity contribution in [1.82, 2.24) is 15.0 Å². The van der Waals surface area contributed by atoms with Gasteiger partial charge in [0.05, 0.1) is 19.3 Å². The molecule has 124 valence electrons. The summed E-state index contributed by atoms with van der Waals surface area (Å²) in [5.41, 5.74) is 2.05. The molecule has 2 aromatic rings. The minimum Gasteiger partial charge on any atom is -0.493 e. The average Bonchev–Trinajstić information content (AvgIpc) is 2.61. The van der Waals surface area contributed by atoms with E-state index in [0.29, 0.717) is 18.4 Å². The van der Waals surface area contributed by atoms with Crippen molar-refractivity contribution in [3.05, 3.63) is 30.1 Å². The van der Waals surface area contributed by atoms with Gasteiger partial charge in [0.15, 0.2) is 5.82 Å². The minimum absolute atomic E-state index is 0.311. The zero-order valence-electron chi connectivity index (χ0n) is 14.2. The molecule has 0 fully saturated rings. The molecule has 0 aliphatic carbocycles. The lowest BCUT2D eigenvalue weighted by Gasteiger charge is -2.14. The van der Waals surface area contributed by atoms with E-state index in [9.17, 15) is 0 Å². The maximum absolute atomic E-state index is 6.09. The maximum Gasteiger partial charge on any atom is 0.319 e. The Labute approximate surface area is 138 Å². The monoisotopic (exact) mass is 315 g/mol. The predicted molar refractivity (Wildman–Crippen MR) is 90.8 cm³/mol. The number of aryl methyl sites for hydroxylation is 1. The minimum atomic E-state index is 0.311. The largest absolute Gasteiger partial charge is 0.493 e. The Hall–Kier alpha value is -2.17. The molecule has 2 rings (SSSR count). The molecule has 5 heteroatoms. The van der Waals surface area contributed by atoms with Crippen LogP contribution >= 0.6 is 0 Å². The number of unbranched alkanes of at least 4 members (excludes halogenated alkanes) is 3. The van der Waals surface area contributed by atoms with Crippen molar-refractivity contribution < 1.29 is 9.47 Å². The van der Waals surface area contributed by atoms with E-state index in [2.05, 4.69) is 34.9 Å². The molecule has 0 amide bonds. The van der Waals surface area contributed by atoms with Crippen LogP contribution in [-0.4, -0.2) is 28.7 Å². The lowest BCUT2D eigenvalue weighted by molar-refractivity contribution is 0.303. The highest BCUT2D eigenvalue weighted by atomic mass is 16.5. The predicted octanol–water partition coefficient (Wildman–Crippen LogP) is 4.07. The number of ether oxygens (including phenoxy) is 2. The van der Waals surface area contributed by atoms with E-state index in [1.165, 1.54) is 25.6 Å². The second-order valence-corrected chi connectivity index (χ2v) is 5.35. The van der Waals surface area contributed by atoms with Crippen LogP contribution in [0, 0.1) is 0 Å². The van der Waals surface area contributed by atoms with Gasteiger partial charge in [0.1, 0.15) is 12.1 Å². The van der Waals surface area contributed by atoms with E-state index in [4.69, 9.17) is 9.47 Å². The van der Waals surface area contributed by atoms with Gasteiger partial charge in [0.25, 0.3) is 0 Å². The number of rotatable bonds is 9. The quantitative estimate of drug-likeness (QED) is 0.653. The van der Waals surface area contributed by atoms with E-state index >= 15 is 0 Å². The van der Waals surface area contributed by atoms with Crippen LogP contribution in [-0.2, 0) is 6.42 Å². The van der Waals surface area contributed by atoms with Gasteiger partial charge in [0, 0.05) is 0 Å². The van der Waals surface area contributed by atoms with Gasteiger partial charge >= 0.3 is 6.01 Å². The Morgan fingerprint density at radius 3 is 2.65 bits per heavy atom. The molecule has 0 bridgehead atoms. The fourth-order valence-electron chi connectivity index (χ4n) is 2.42. The summed E-state index contributed by atoms with van der Waals surface area (Å²) in [5, 5.41) is 0. The molecule has 1 aromatic carbocycles. The highest BCUT2D eigenvalue weighted by molar-refractivity contribution is 5.66. The Kier molecular flexibility index (Phi) is 6.78. The van der Waals surface area contributed by atoms with E-state index < -0.39 is 0 Å². The Morgan fingerprint density at radius 1 is 1.04 bits per heavy atom. The molecule has 0 aliphatic rings. The van der Waals surface area contributed by atoms with Crippen LogP contribution in [0.15, 0.2) is 24.5 Å². The molecular formula is C18H25N3O2. The molecule has 0 N–H and O–H groups in total. The molecule has 0 atom stereocenters. The number of hydrogen-bond acceptors (Lipinski definition) is 5. The van der Waals surface area contributed by atoms with Crippen LogP contribution in [0.3, 0.4) is 0 Å². The van der Waals surface area contributed by atoms with E-state index in [-0.39, 0.29) is 0 Å². The van der Waals surface area contributed by atoms with Crippen molar-refractivity contribution in [2.24, 2.45) is 0 Å². The average molecular weight is 315 g/mol. The standard InChI is InChI=1S/C18H25N3O2/c1-4-6-7-8-12-23-16-14(5-2)10-9-11-15(16)17-19-13-20-18(21-17)22-3/h9-11,13H,4-8,12H2,1-3H3. The maximum atomic E-state index is 6.09. The molecular weight excluding hydrogens is 290 g/mol. The zero-order chi connectivity index (χ0) is 16.5. The third-order valence-electron chi connectivity index (χ3n) is 3.69. The Morgan fingerprint density at radius 2 is 1.91 bits per heavy atom. The molecule has 0 unspecified atom stereocenters. The number of methoxy groups -OCH3 is 1. The summed E-state index contributed by atoms with van der Waals surface area (Å²) in [7, 11) is 1.55. The summed E-state index contributed by atoms with van der Waals surface area (Å²) in [6.07, 6.45) is 7.09. The number of benzene rings is 1. The van der Waals surface area contributed by atoms with Crippen LogP contribution in [0.25, 0.3) is 11.4 Å². The summed E-state index contributed by atoms with van der Waals surface area (Å²) >= 11 is 0. The van der Waals surface area contributed by atoms with Gasteiger partial charge in [-0.3, -0.25) is 0 Å². The molecule has 0 aliphatic heterocycles. The summed E-state index contributed by atoms with van der Waals surface area (Å²) in [5.74, 6) is 1.45. The van der Waals surface area contributed by atoms with Crippen LogP contribution in [0.4, 0.5) is 0 Å². The summed E-state index contributed by atoms with van der Waals surface area (Å²) in [6.45, 7) is 5.04. The van der Waals surface area contributed by atoms with Crippen molar-refractivity contribution >= 4 is 0 Å². The van der Waals surface area contributed by atoms with Gasteiger partial charge < -0.3 is 9.47 Å². The molecule has 0 saturated carbocycles. The topological polar surface area (TPSA) is 57.1 Å². The SMILES string of the molecule is CCCCCCOc1c(CC)cccc1-c1ncnc(OC)n1. The van der Waals surface area contributed by atoms with Crippen LogP contribution in [0.1, 0.15) is 45.1 Å². The van der Waals surface area contributed by atoms with E-state index in [1.807, 2.05) is 12.1 Å². The van der Waals surface area contributed by atoms with Crippen molar-refractivity contribution in [2.45, 2.75) is 46.0 Å². The van der Waals surface area contributed by atoms with Gasteiger partial charge in [-0.25, -0.2) is 4.98 Å². The lowest BCUT2D eigenvalue weighted by atomic mass is 10.1. The summed E-state index contributed by atoms with van der Waals surface area (Å²) < 4.78 is 11.2. The van der Waals surface area contributed by atoms with Crippen LogP contribution < -0.4 is 9.47 Å². The van der Waals surface area contributed by atoms with Crippen molar-refractivity contribution in [3.8, 4) is 23.1 Å². The normalized spacial score (nSPS) is 10.6. The first-order valence-corrected chi connectivity index (χ1v) is 8.28. The summed E-state index contributed by atoms with van der Waals surface area (Å²) in [4.78, 5) is 12.6. The third kappa shape index (κ3) is 4.65. The van der Waals surface area contributed by atoms with Gasteiger partial charge in [-0.05, 0) is 24.5 Å². The molecule has 0 saturated heterocycles. The van der Waals surface area contributed by atoms with E-state index in [1.54, 1.807) is 7.11 Å². The highest BCUT2D eigenvalue weighted by Crippen LogP contribution is 2.32. The van der Waals surface area contributed by atoms with Crippen molar-refractivity contribution in [1.29, 1.82) is 0 Å². The Balaban J connectivity index is 2.24. The first-order chi connectivity index (χ1) is 11.3. The molecule has 0 radical (unpaired) electrons. The van der Waals surface area contributed by atoms with Crippen molar-refractivity contribution in [2.75, 3.05) is 13.7 Å². The van der Waals surface area contributed by atoms with Gasteiger partial charge in [0.2, 0.25) is 0 Å². The fraction of sp³-hybridized carbons (Fsp3) is 0.500. The second kappa shape index (κ2) is 9.08. The van der Waals surface area contributed by atoms with Gasteiger partial charge in [-0.1, -0.05) is 45.2 Å². The fourth-order valence-corrected chi connectivity index (χ4v) is 2.42. The number of para-hydroxylation sites is 1. The number of aromatic nitrogens is 3. The lowest BCUT2D eigenvalue weighted by Crippen LogP contribution is -2.04. The van der Waals surface area contributed by atoms with Gasteiger partial charge in [-0.2, -0.15) is 9.97 Å². The first-order valence-electron chi connectivity index (χ1n) is 8.28. The Bertz CT molecular complexity index is 617. The number of nitrogens with zero attached hydrogens (tertiary/aromatic N) is 3. The third-order valence-corrected chi connectivity index (χ3v) is 3.69. The van der Waals surface area contributed by atoms with E-state index in [0.717, 1.165) is 29.7 Å². The molecule has 5 nitrogen and oxygen atoms in total. The number of hydrogen-bond donors (Lipinski definition) is 0. The smallest absolute Gasteiger partial charge is 0.319 e. The first kappa shape index (κ1) is 17.2. The van der Waals surface area contributed by atoms with Crippen molar-refractivity contribution in [3.63, 3.8) is 0 Å².